The lowest BCUT2D eigenvalue weighted by molar-refractivity contribution is 0.0790. The van der Waals surface area contributed by atoms with Crippen LogP contribution in [0.3, 0.4) is 0 Å². The lowest BCUT2D eigenvalue weighted by Crippen LogP contribution is -2.40. The number of hydrogen-bond donors (Lipinski definition) is 1. The molecule has 1 aliphatic rings. The number of para-hydroxylation sites is 3. The van der Waals surface area contributed by atoms with Crippen LogP contribution in [0.1, 0.15) is 10.4 Å². The van der Waals surface area contributed by atoms with Gasteiger partial charge < -0.3 is 14.8 Å². The third-order valence-electron chi connectivity index (χ3n) is 3.99. The Morgan fingerprint density at radius 1 is 1.16 bits per heavy atom. The van der Waals surface area contributed by atoms with Crippen molar-refractivity contribution in [1.82, 2.24) is 10.3 Å². The molecule has 0 bridgehead atoms. The van der Waals surface area contributed by atoms with Gasteiger partial charge in [0.25, 0.3) is 5.91 Å². The van der Waals surface area contributed by atoms with Crippen molar-refractivity contribution in [2.45, 2.75) is 6.10 Å². The van der Waals surface area contributed by atoms with Crippen LogP contribution >= 0.6 is 11.6 Å². The molecule has 0 radical (unpaired) electrons. The second-order valence-electron chi connectivity index (χ2n) is 5.72. The number of carbonyl (C=O) groups excluding carboxylic acids is 1. The molecule has 6 heteroatoms. The Kier molecular flexibility index (Phi) is 4.15. The summed E-state index contributed by atoms with van der Waals surface area (Å²) < 4.78 is 11.5. The van der Waals surface area contributed by atoms with Crippen LogP contribution in [0.25, 0.3) is 10.9 Å². The van der Waals surface area contributed by atoms with E-state index in [4.69, 9.17) is 21.1 Å². The Morgan fingerprint density at radius 2 is 1.92 bits per heavy atom. The van der Waals surface area contributed by atoms with E-state index in [1.807, 2.05) is 48.5 Å². The van der Waals surface area contributed by atoms with E-state index in [0.29, 0.717) is 30.0 Å². The van der Waals surface area contributed by atoms with E-state index >= 15 is 0 Å². The zero-order valence-corrected chi connectivity index (χ0v) is 14.0. The van der Waals surface area contributed by atoms with Crippen LogP contribution < -0.4 is 14.8 Å². The minimum Gasteiger partial charge on any atom is -0.486 e. The molecule has 1 atom stereocenters. The Balaban J connectivity index is 1.48. The normalized spacial score (nSPS) is 15.8. The van der Waals surface area contributed by atoms with Crippen LogP contribution in [0, 0.1) is 0 Å². The molecule has 0 saturated carbocycles. The van der Waals surface area contributed by atoms with Crippen molar-refractivity contribution in [2.75, 3.05) is 13.2 Å². The minimum atomic E-state index is -0.248. The fraction of sp³-hybridized carbons (Fsp3) is 0.158. The van der Waals surface area contributed by atoms with Crippen molar-refractivity contribution < 1.29 is 14.3 Å². The second-order valence-corrected chi connectivity index (χ2v) is 6.10. The van der Waals surface area contributed by atoms with Gasteiger partial charge >= 0.3 is 0 Å². The van der Waals surface area contributed by atoms with Gasteiger partial charge in [-0.3, -0.25) is 4.79 Å². The Bertz CT molecular complexity index is 945. The molecular weight excluding hydrogens is 340 g/mol. The molecule has 1 aromatic heterocycles. The van der Waals surface area contributed by atoms with Crippen LogP contribution in [0.15, 0.2) is 54.6 Å². The first kappa shape index (κ1) is 15.7. The van der Waals surface area contributed by atoms with Crippen LogP contribution in [0.5, 0.6) is 11.5 Å². The Hall–Kier alpha value is -2.79. The van der Waals surface area contributed by atoms with Gasteiger partial charge in [-0.2, -0.15) is 0 Å². The van der Waals surface area contributed by atoms with E-state index in [-0.39, 0.29) is 17.2 Å². The molecule has 1 aliphatic heterocycles. The molecule has 0 unspecified atom stereocenters. The molecule has 0 fully saturated rings. The molecule has 2 aromatic carbocycles. The zero-order valence-electron chi connectivity index (χ0n) is 13.2. The smallest absolute Gasteiger partial charge is 0.252 e. The van der Waals surface area contributed by atoms with Gasteiger partial charge in [-0.25, -0.2) is 4.98 Å². The summed E-state index contributed by atoms with van der Waals surface area (Å²) in [7, 11) is 0. The fourth-order valence-corrected chi connectivity index (χ4v) is 3.00. The van der Waals surface area contributed by atoms with Crippen LogP contribution in [0.2, 0.25) is 5.15 Å². The summed E-state index contributed by atoms with van der Waals surface area (Å²) in [5, 5.41) is 3.94. The fourth-order valence-electron chi connectivity index (χ4n) is 2.80. The van der Waals surface area contributed by atoms with Gasteiger partial charge in [-0.1, -0.05) is 41.9 Å². The molecule has 0 aliphatic carbocycles. The number of nitrogens with zero attached hydrogens (tertiary/aromatic N) is 1. The summed E-state index contributed by atoms with van der Waals surface area (Å²) in [5.74, 6) is 1.19. The number of aromatic nitrogens is 1. The van der Waals surface area contributed by atoms with Crippen molar-refractivity contribution in [3.05, 3.63) is 65.3 Å². The third-order valence-corrected chi connectivity index (χ3v) is 4.18. The predicted molar refractivity (Wildman–Crippen MR) is 95.4 cm³/mol. The summed E-state index contributed by atoms with van der Waals surface area (Å²) >= 11 is 6.04. The number of nitrogens with one attached hydrogen (secondary N) is 1. The van der Waals surface area contributed by atoms with Crippen LogP contribution in [-0.2, 0) is 0 Å². The molecular formula is C19H15ClN2O3. The molecule has 126 valence electrons. The Morgan fingerprint density at radius 3 is 2.80 bits per heavy atom. The number of hydrogen-bond acceptors (Lipinski definition) is 4. The molecule has 0 saturated heterocycles. The standard InChI is InChI=1S/C19H15ClN2O3/c20-18-9-14(13-5-1-2-6-15(13)22-18)19(23)21-10-12-11-24-16-7-3-4-8-17(16)25-12/h1-9,12H,10-11H2,(H,21,23)/t12-/m0/s1. The quantitative estimate of drug-likeness (QED) is 0.732. The number of amides is 1. The third kappa shape index (κ3) is 3.23. The molecule has 1 N–H and O–H groups in total. The molecule has 4 rings (SSSR count). The maximum Gasteiger partial charge on any atom is 0.252 e. The SMILES string of the molecule is O=C(NC[C@H]1COc2ccccc2O1)c1cc(Cl)nc2ccccc12. The summed E-state index contributed by atoms with van der Waals surface area (Å²) in [5.41, 5.74) is 1.18. The highest BCUT2D eigenvalue weighted by molar-refractivity contribution is 6.30. The van der Waals surface area contributed by atoms with Gasteiger partial charge in [0.05, 0.1) is 17.6 Å². The number of pyridine rings is 1. The van der Waals surface area contributed by atoms with Gasteiger partial charge in [-0.15, -0.1) is 0 Å². The molecule has 0 spiro atoms. The highest BCUT2D eigenvalue weighted by Gasteiger charge is 2.22. The molecule has 2 heterocycles. The molecule has 25 heavy (non-hydrogen) atoms. The summed E-state index contributed by atoms with van der Waals surface area (Å²) in [6, 6.07) is 16.5. The Labute approximate surface area is 149 Å². The summed E-state index contributed by atoms with van der Waals surface area (Å²) in [6.07, 6.45) is -0.248. The molecule has 3 aromatic rings. The molecule has 5 nitrogen and oxygen atoms in total. The van der Waals surface area contributed by atoms with Crippen LogP contribution in [-0.4, -0.2) is 30.1 Å². The first-order valence-corrected chi connectivity index (χ1v) is 8.30. The topological polar surface area (TPSA) is 60.5 Å². The van der Waals surface area contributed by atoms with Gasteiger partial charge in [0.2, 0.25) is 0 Å². The van der Waals surface area contributed by atoms with Gasteiger partial charge in [0.1, 0.15) is 17.9 Å². The average molecular weight is 355 g/mol. The van der Waals surface area contributed by atoms with E-state index in [2.05, 4.69) is 10.3 Å². The lowest BCUT2D eigenvalue weighted by Gasteiger charge is -2.26. The number of halogens is 1. The summed E-state index contributed by atoms with van der Waals surface area (Å²) in [6.45, 7) is 0.719. The van der Waals surface area contributed by atoms with Gasteiger partial charge in [0.15, 0.2) is 11.5 Å². The number of carbonyl (C=O) groups is 1. The maximum atomic E-state index is 12.6. The summed E-state index contributed by atoms with van der Waals surface area (Å²) in [4.78, 5) is 16.8. The van der Waals surface area contributed by atoms with E-state index in [9.17, 15) is 4.79 Å². The number of fused-ring (bicyclic) bond motifs is 2. The van der Waals surface area contributed by atoms with E-state index in [1.54, 1.807) is 6.07 Å². The maximum absolute atomic E-state index is 12.6. The number of benzene rings is 2. The lowest BCUT2D eigenvalue weighted by atomic mass is 10.1. The van der Waals surface area contributed by atoms with Crippen molar-refractivity contribution >= 4 is 28.4 Å². The van der Waals surface area contributed by atoms with Crippen LogP contribution in [0.4, 0.5) is 0 Å². The first-order chi connectivity index (χ1) is 12.2. The van der Waals surface area contributed by atoms with E-state index in [1.165, 1.54) is 0 Å². The van der Waals surface area contributed by atoms with E-state index < -0.39 is 0 Å². The first-order valence-electron chi connectivity index (χ1n) is 7.93. The van der Waals surface area contributed by atoms with E-state index in [0.717, 1.165) is 11.1 Å². The van der Waals surface area contributed by atoms with Crippen molar-refractivity contribution in [2.24, 2.45) is 0 Å². The zero-order chi connectivity index (χ0) is 17.2. The van der Waals surface area contributed by atoms with Gasteiger partial charge in [-0.05, 0) is 24.3 Å². The monoisotopic (exact) mass is 354 g/mol. The highest BCUT2D eigenvalue weighted by atomic mass is 35.5. The average Bonchev–Trinajstić information content (AvgIpc) is 2.65. The van der Waals surface area contributed by atoms with Crippen molar-refractivity contribution in [3.8, 4) is 11.5 Å². The number of ether oxygens (including phenoxy) is 2. The second kappa shape index (κ2) is 6.61. The number of rotatable bonds is 3. The van der Waals surface area contributed by atoms with Gasteiger partial charge in [0, 0.05) is 5.39 Å². The predicted octanol–water partition coefficient (Wildman–Crippen LogP) is 3.46. The highest BCUT2D eigenvalue weighted by Crippen LogP contribution is 2.30. The van der Waals surface area contributed by atoms with Crippen molar-refractivity contribution in [3.63, 3.8) is 0 Å². The minimum absolute atomic E-state index is 0.219. The molecule has 1 amide bonds. The largest absolute Gasteiger partial charge is 0.486 e. The van der Waals surface area contributed by atoms with Crippen molar-refractivity contribution in [1.29, 1.82) is 0 Å².